The number of aliphatic hydroxyl groups excluding tert-OH is 2. The molecule has 1 aliphatic heterocycles. The van der Waals surface area contributed by atoms with Crippen molar-refractivity contribution in [3.63, 3.8) is 0 Å². The van der Waals surface area contributed by atoms with E-state index in [-0.39, 0.29) is 11.2 Å². The van der Waals surface area contributed by atoms with Crippen LogP contribution in [0.15, 0.2) is 35.3 Å². The molecule has 2 atom stereocenters. The van der Waals surface area contributed by atoms with E-state index in [2.05, 4.69) is 11.3 Å². The second-order valence-corrected chi connectivity index (χ2v) is 6.51. The van der Waals surface area contributed by atoms with Gasteiger partial charge in [-0.05, 0) is 23.5 Å². The van der Waals surface area contributed by atoms with Gasteiger partial charge in [0.25, 0.3) is 0 Å². The topological polar surface area (TPSA) is 110 Å². The number of hydrogen-bond acceptors (Lipinski definition) is 7. The molecule has 0 aromatic heterocycles. The van der Waals surface area contributed by atoms with E-state index in [9.17, 15) is 24.6 Å². The van der Waals surface area contributed by atoms with Crippen molar-refractivity contribution >= 4 is 17.7 Å². The van der Waals surface area contributed by atoms with E-state index in [4.69, 9.17) is 4.74 Å². The van der Waals surface area contributed by atoms with Crippen LogP contribution in [-0.2, 0) is 23.9 Å². The van der Waals surface area contributed by atoms with Gasteiger partial charge in [-0.3, -0.25) is 9.59 Å². The zero-order valence-electron chi connectivity index (χ0n) is 15.8. The number of aliphatic hydroxyl groups is 2. The second kappa shape index (κ2) is 8.21. The summed E-state index contributed by atoms with van der Waals surface area (Å²) in [6.45, 7) is 13.2. The highest BCUT2D eigenvalue weighted by molar-refractivity contribution is 6.01. The van der Waals surface area contributed by atoms with Gasteiger partial charge in [-0.15, -0.1) is 0 Å². The van der Waals surface area contributed by atoms with Crippen molar-refractivity contribution in [2.75, 3.05) is 0 Å². The Bertz CT molecular complexity index is 682. The molecular weight excluding hydrogens is 340 g/mol. The van der Waals surface area contributed by atoms with E-state index in [0.717, 1.165) is 5.57 Å². The number of carbonyl (C=O) groups excluding carboxylic acids is 3. The molecule has 1 heterocycles. The van der Waals surface area contributed by atoms with Crippen LogP contribution in [-0.4, -0.2) is 40.1 Å². The van der Waals surface area contributed by atoms with Crippen molar-refractivity contribution in [3.8, 4) is 0 Å². The third-order valence-electron chi connectivity index (χ3n) is 4.31. The number of carbonyl (C=O) groups is 3. The molecule has 0 saturated heterocycles. The highest BCUT2D eigenvalue weighted by Crippen LogP contribution is 2.40. The number of rotatable bonds is 4. The maximum Gasteiger partial charge on any atom is 0.377 e. The molecule has 0 saturated carbocycles. The third-order valence-corrected chi connectivity index (χ3v) is 4.31. The molecule has 2 unspecified atom stereocenters. The summed E-state index contributed by atoms with van der Waals surface area (Å²) >= 11 is 0. The molecule has 2 rings (SSSR count). The Labute approximate surface area is 153 Å². The average molecular weight is 366 g/mol. The van der Waals surface area contributed by atoms with E-state index < -0.39 is 42.1 Å². The van der Waals surface area contributed by atoms with Gasteiger partial charge < -0.3 is 19.7 Å². The van der Waals surface area contributed by atoms with Crippen LogP contribution >= 0.6 is 0 Å². The fourth-order valence-electron chi connectivity index (χ4n) is 3.07. The Morgan fingerprint density at radius 3 is 2.38 bits per heavy atom. The van der Waals surface area contributed by atoms with Gasteiger partial charge in [0.15, 0.2) is 23.8 Å². The lowest BCUT2D eigenvalue weighted by atomic mass is 9.71. The second-order valence-electron chi connectivity index (χ2n) is 6.51. The first-order chi connectivity index (χ1) is 12.1. The highest BCUT2D eigenvalue weighted by Gasteiger charge is 2.41. The Hall–Kier alpha value is -2.57. The number of ether oxygens (including phenoxy) is 2. The standard InChI is InChI=1S/C17H20O7.C2H6/c1-5-9-8(2)13(19)11(7-17(9,3)4)23-12(18)6-10-14(20)15(21)16(22)24-10;1-2/h5,10-11,20-21H,1,6-7H2,2-4H3;1-2H3. The van der Waals surface area contributed by atoms with Gasteiger partial charge in [-0.1, -0.05) is 40.3 Å². The lowest BCUT2D eigenvalue weighted by Gasteiger charge is -2.36. The van der Waals surface area contributed by atoms with Gasteiger partial charge in [0.1, 0.15) is 0 Å². The van der Waals surface area contributed by atoms with E-state index in [0.29, 0.717) is 12.0 Å². The van der Waals surface area contributed by atoms with Crippen molar-refractivity contribution in [2.45, 2.75) is 59.7 Å². The number of cyclic esters (lactones) is 1. The van der Waals surface area contributed by atoms with Gasteiger partial charge >= 0.3 is 11.9 Å². The summed E-state index contributed by atoms with van der Waals surface area (Å²) in [5.41, 5.74) is 0.923. The van der Waals surface area contributed by atoms with Gasteiger partial charge in [-0.2, -0.15) is 0 Å². The summed E-state index contributed by atoms with van der Waals surface area (Å²) in [6.07, 6.45) is -0.795. The zero-order valence-corrected chi connectivity index (χ0v) is 15.8. The SMILES string of the molecule is C=CC1=C(C)C(=O)C(OC(=O)CC2OC(=O)C(O)=C2O)CC1(C)C.CC. The summed E-state index contributed by atoms with van der Waals surface area (Å²) < 4.78 is 9.87. The van der Waals surface area contributed by atoms with Crippen molar-refractivity contribution < 1.29 is 34.1 Å². The Morgan fingerprint density at radius 1 is 1.35 bits per heavy atom. The first-order valence-electron chi connectivity index (χ1n) is 8.49. The number of esters is 2. The van der Waals surface area contributed by atoms with Crippen LogP contribution in [0.4, 0.5) is 0 Å². The lowest BCUT2D eigenvalue weighted by Crippen LogP contribution is -2.39. The van der Waals surface area contributed by atoms with Gasteiger partial charge in [-0.25, -0.2) is 4.79 Å². The van der Waals surface area contributed by atoms with Crippen LogP contribution in [0.2, 0.25) is 0 Å². The normalized spacial score (nSPS) is 24.7. The fraction of sp³-hybridized carbons (Fsp3) is 0.526. The Kier molecular flexibility index (Phi) is 6.78. The van der Waals surface area contributed by atoms with E-state index in [1.54, 1.807) is 13.0 Å². The smallest absolute Gasteiger partial charge is 0.377 e. The maximum absolute atomic E-state index is 12.4. The van der Waals surface area contributed by atoms with Gasteiger partial charge in [0.2, 0.25) is 5.76 Å². The van der Waals surface area contributed by atoms with Crippen molar-refractivity contribution in [3.05, 3.63) is 35.3 Å². The monoisotopic (exact) mass is 366 g/mol. The van der Waals surface area contributed by atoms with Crippen LogP contribution in [0.1, 0.15) is 47.5 Å². The minimum Gasteiger partial charge on any atom is -0.505 e. The Balaban J connectivity index is 0.00000163. The maximum atomic E-state index is 12.4. The fourth-order valence-corrected chi connectivity index (χ4v) is 3.07. The average Bonchev–Trinajstić information content (AvgIpc) is 2.81. The summed E-state index contributed by atoms with van der Waals surface area (Å²) in [5.74, 6) is -3.84. The van der Waals surface area contributed by atoms with E-state index in [1.807, 2.05) is 27.7 Å². The predicted molar refractivity (Wildman–Crippen MR) is 94.3 cm³/mol. The number of allylic oxidation sites excluding steroid dienone is 2. The molecular formula is C19H26O7. The van der Waals surface area contributed by atoms with Crippen molar-refractivity contribution in [1.82, 2.24) is 0 Å². The molecule has 0 radical (unpaired) electrons. The van der Waals surface area contributed by atoms with Gasteiger partial charge in [0.05, 0.1) is 6.42 Å². The number of ketones is 1. The molecule has 0 amide bonds. The van der Waals surface area contributed by atoms with Gasteiger partial charge in [0, 0.05) is 6.42 Å². The minimum atomic E-state index is -1.29. The molecule has 2 N–H and O–H groups in total. The molecule has 1 aliphatic carbocycles. The first kappa shape index (κ1) is 21.5. The molecule has 2 aliphatic rings. The molecule has 144 valence electrons. The third kappa shape index (κ3) is 4.15. The van der Waals surface area contributed by atoms with Crippen LogP contribution in [0, 0.1) is 5.41 Å². The quantitative estimate of drug-likeness (QED) is 0.736. The van der Waals surface area contributed by atoms with E-state index in [1.165, 1.54) is 0 Å². The predicted octanol–water partition coefficient (Wildman–Crippen LogP) is 3.07. The van der Waals surface area contributed by atoms with E-state index >= 15 is 0 Å². The number of Topliss-reactive ketones (excluding diaryl/α,β-unsaturated/α-hetero) is 1. The largest absolute Gasteiger partial charge is 0.505 e. The minimum absolute atomic E-state index is 0.299. The van der Waals surface area contributed by atoms with Crippen molar-refractivity contribution in [1.29, 1.82) is 0 Å². The lowest BCUT2D eigenvalue weighted by molar-refractivity contribution is -0.159. The highest BCUT2D eigenvalue weighted by atomic mass is 16.6. The summed E-state index contributed by atoms with van der Waals surface area (Å²) in [7, 11) is 0. The molecule has 0 fully saturated rings. The molecule has 0 spiro atoms. The zero-order chi connectivity index (χ0) is 20.2. The van der Waals surface area contributed by atoms with Crippen LogP contribution in [0.25, 0.3) is 0 Å². The molecule has 7 nitrogen and oxygen atoms in total. The number of hydrogen-bond donors (Lipinski definition) is 2. The molecule has 26 heavy (non-hydrogen) atoms. The van der Waals surface area contributed by atoms with Crippen LogP contribution < -0.4 is 0 Å². The van der Waals surface area contributed by atoms with Crippen LogP contribution in [0.5, 0.6) is 0 Å². The first-order valence-corrected chi connectivity index (χ1v) is 8.49. The molecule has 0 aromatic carbocycles. The van der Waals surface area contributed by atoms with Crippen LogP contribution in [0.3, 0.4) is 0 Å². The molecule has 0 aromatic rings. The molecule has 7 heteroatoms. The van der Waals surface area contributed by atoms with Crippen molar-refractivity contribution in [2.24, 2.45) is 5.41 Å². The summed E-state index contributed by atoms with van der Waals surface area (Å²) in [5, 5.41) is 18.7. The molecule has 0 bridgehead atoms. The summed E-state index contributed by atoms with van der Waals surface area (Å²) in [4.78, 5) is 35.5. The Morgan fingerprint density at radius 2 is 1.92 bits per heavy atom. The summed E-state index contributed by atoms with van der Waals surface area (Å²) in [6, 6.07) is 0.